The van der Waals surface area contributed by atoms with E-state index in [-0.39, 0.29) is 24.8 Å². The minimum Gasteiger partial charge on any atom is -0.454 e. The number of carbonyl (C=O) groups excluding carboxylic acids is 1. The number of hydrogen-bond acceptors (Lipinski definition) is 5. The minimum atomic E-state index is -0.305. The normalized spacial score (nSPS) is 23.4. The van der Waals surface area contributed by atoms with Crippen molar-refractivity contribution in [2.45, 2.75) is 37.4 Å². The van der Waals surface area contributed by atoms with Crippen LogP contribution >= 0.6 is 11.8 Å². The topological polar surface area (TPSA) is 59.6 Å². The van der Waals surface area contributed by atoms with E-state index in [2.05, 4.69) is 34.9 Å². The molecule has 5 rings (SSSR count). The van der Waals surface area contributed by atoms with Gasteiger partial charge in [0.25, 0.3) is 0 Å². The summed E-state index contributed by atoms with van der Waals surface area (Å²) in [6.07, 6.45) is 2.63. The van der Waals surface area contributed by atoms with Crippen LogP contribution < -0.4 is 20.1 Å². The molecule has 6 heteroatoms. The Kier molecular flexibility index (Phi) is 4.91. The summed E-state index contributed by atoms with van der Waals surface area (Å²) in [5, 5.41) is 6.50. The summed E-state index contributed by atoms with van der Waals surface area (Å²) in [6.45, 7) is 0.721. The Morgan fingerprint density at radius 1 is 1.07 bits per heavy atom. The Bertz CT molecular complexity index is 867. The lowest BCUT2D eigenvalue weighted by Crippen LogP contribution is -2.48. The number of ether oxygens (including phenoxy) is 2. The Balaban J connectivity index is 1.18. The average molecular weight is 396 g/mol. The summed E-state index contributed by atoms with van der Waals surface area (Å²) in [7, 11) is 0. The van der Waals surface area contributed by atoms with E-state index in [0.717, 1.165) is 28.7 Å². The van der Waals surface area contributed by atoms with Crippen molar-refractivity contribution in [3.8, 4) is 11.5 Å². The van der Waals surface area contributed by atoms with E-state index >= 15 is 0 Å². The van der Waals surface area contributed by atoms with Crippen molar-refractivity contribution in [1.29, 1.82) is 0 Å². The van der Waals surface area contributed by atoms with Crippen LogP contribution in [-0.4, -0.2) is 24.5 Å². The summed E-state index contributed by atoms with van der Waals surface area (Å²) in [4.78, 5) is 12.7. The highest BCUT2D eigenvalue weighted by molar-refractivity contribution is 8.01. The van der Waals surface area contributed by atoms with E-state index in [4.69, 9.17) is 9.47 Å². The van der Waals surface area contributed by atoms with Gasteiger partial charge in [-0.2, -0.15) is 11.8 Å². The molecule has 5 nitrogen and oxygen atoms in total. The van der Waals surface area contributed by atoms with E-state index in [1.54, 1.807) is 11.8 Å². The third-order valence-corrected chi connectivity index (χ3v) is 6.44. The van der Waals surface area contributed by atoms with Crippen LogP contribution in [0.1, 0.15) is 41.5 Å². The molecule has 0 spiro atoms. The minimum absolute atomic E-state index is 0.00975. The van der Waals surface area contributed by atoms with Crippen molar-refractivity contribution in [3.63, 3.8) is 0 Å². The van der Waals surface area contributed by atoms with Gasteiger partial charge >= 0.3 is 0 Å². The van der Waals surface area contributed by atoms with Gasteiger partial charge in [0.15, 0.2) is 11.5 Å². The monoisotopic (exact) mass is 395 g/mol. The molecule has 2 aliphatic heterocycles. The van der Waals surface area contributed by atoms with Gasteiger partial charge in [0.1, 0.15) is 6.04 Å². The molecule has 1 saturated carbocycles. The van der Waals surface area contributed by atoms with Gasteiger partial charge in [-0.3, -0.25) is 10.1 Å². The number of carbonyl (C=O) groups is 1. The van der Waals surface area contributed by atoms with Crippen molar-refractivity contribution in [1.82, 2.24) is 10.6 Å². The first-order chi connectivity index (χ1) is 13.8. The second-order valence-corrected chi connectivity index (χ2v) is 8.45. The smallest absolute Gasteiger partial charge is 0.238 e. The van der Waals surface area contributed by atoms with Gasteiger partial charge in [-0.15, -0.1) is 0 Å². The van der Waals surface area contributed by atoms with Gasteiger partial charge in [-0.1, -0.05) is 30.3 Å². The fraction of sp³-hybridized carbons (Fsp3) is 0.364. The lowest BCUT2D eigenvalue weighted by molar-refractivity contribution is -0.122. The van der Waals surface area contributed by atoms with Crippen molar-refractivity contribution in [2.24, 2.45) is 0 Å². The van der Waals surface area contributed by atoms with Crippen molar-refractivity contribution >= 4 is 17.7 Å². The van der Waals surface area contributed by atoms with Gasteiger partial charge < -0.3 is 14.8 Å². The number of rotatable bonds is 5. The maximum Gasteiger partial charge on any atom is 0.238 e. The molecule has 0 aromatic heterocycles. The highest BCUT2D eigenvalue weighted by Crippen LogP contribution is 2.40. The molecule has 1 saturated heterocycles. The van der Waals surface area contributed by atoms with E-state index in [0.29, 0.717) is 6.54 Å². The first-order valence-electron chi connectivity index (χ1n) is 9.73. The van der Waals surface area contributed by atoms with Crippen LogP contribution in [0.4, 0.5) is 0 Å². The van der Waals surface area contributed by atoms with Crippen LogP contribution in [0.2, 0.25) is 0 Å². The van der Waals surface area contributed by atoms with Gasteiger partial charge in [0.2, 0.25) is 12.7 Å². The third kappa shape index (κ3) is 3.84. The van der Waals surface area contributed by atoms with Crippen LogP contribution in [0, 0.1) is 5.75 Å². The molecule has 28 heavy (non-hydrogen) atoms. The van der Waals surface area contributed by atoms with Crippen LogP contribution in [-0.2, 0) is 11.3 Å². The lowest BCUT2D eigenvalue weighted by atomic mass is 10.0. The van der Waals surface area contributed by atoms with Gasteiger partial charge in [-0.05, 0) is 47.6 Å². The highest BCUT2D eigenvalue weighted by Gasteiger charge is 2.29. The van der Waals surface area contributed by atoms with Crippen molar-refractivity contribution < 1.29 is 14.3 Å². The standard InChI is InChI=1S/C22H23N2O3S/c25-22(23-10-14-1-8-20-21(9-14)27-13-26-20)19-12-28-11-18(24-19)17-6-4-16(5-7-17)15-2-3-15/h1,4-9,12,15,18-19,24H,2-3,10-11,13H2,(H,23,25)/t18?,19-/m0/s1. The van der Waals surface area contributed by atoms with Crippen molar-refractivity contribution in [3.05, 3.63) is 64.9 Å². The maximum atomic E-state index is 12.7. The zero-order valence-electron chi connectivity index (χ0n) is 15.5. The predicted molar refractivity (Wildman–Crippen MR) is 109 cm³/mol. The van der Waals surface area contributed by atoms with Crippen LogP contribution in [0.5, 0.6) is 11.5 Å². The fourth-order valence-electron chi connectivity index (χ4n) is 3.65. The summed E-state index contributed by atoms with van der Waals surface area (Å²) in [6, 6.07) is 14.5. The number of benzene rings is 2. The Hall–Kier alpha value is -2.18. The number of nitrogens with one attached hydrogen (secondary N) is 2. The number of fused-ring (bicyclic) bond motifs is 1. The molecule has 145 valence electrons. The molecule has 2 fully saturated rings. The zero-order valence-corrected chi connectivity index (χ0v) is 16.3. The number of hydrogen-bond donors (Lipinski definition) is 2. The zero-order chi connectivity index (χ0) is 18.9. The molecule has 1 amide bonds. The molecule has 1 radical (unpaired) electrons. The SMILES string of the molecule is O=C(NCc1ccc2c(c1)OCO2)[C@@H]1[CH]SCC(c2ccc(C3CC3)cc2)N1. The first kappa shape index (κ1) is 17.9. The molecule has 0 bridgehead atoms. The molecule has 1 unspecified atom stereocenters. The Morgan fingerprint density at radius 2 is 1.86 bits per heavy atom. The third-order valence-electron chi connectivity index (χ3n) is 5.45. The summed E-state index contributed by atoms with van der Waals surface area (Å²) < 4.78 is 10.7. The molecule has 3 aliphatic rings. The van der Waals surface area contributed by atoms with E-state index in [9.17, 15) is 4.79 Å². The maximum absolute atomic E-state index is 12.7. The quantitative estimate of drug-likeness (QED) is 0.811. The first-order valence-corrected chi connectivity index (χ1v) is 10.8. The molecule has 2 aromatic carbocycles. The summed E-state index contributed by atoms with van der Waals surface area (Å²) in [5.41, 5.74) is 3.68. The molecule has 2 heterocycles. The number of amides is 1. The average Bonchev–Trinajstić information content (AvgIpc) is 3.49. The Morgan fingerprint density at radius 3 is 2.68 bits per heavy atom. The predicted octanol–water partition coefficient (Wildman–Crippen LogP) is 3.52. The van der Waals surface area contributed by atoms with E-state index < -0.39 is 0 Å². The van der Waals surface area contributed by atoms with Gasteiger partial charge in [-0.25, -0.2) is 0 Å². The summed E-state index contributed by atoms with van der Waals surface area (Å²) in [5.74, 6) is 5.18. The molecule has 2 atom stereocenters. The molecule has 1 aliphatic carbocycles. The van der Waals surface area contributed by atoms with Crippen LogP contribution in [0.3, 0.4) is 0 Å². The molecular weight excluding hydrogens is 372 g/mol. The molecule has 2 N–H and O–H groups in total. The van der Waals surface area contributed by atoms with Crippen LogP contribution in [0.15, 0.2) is 42.5 Å². The van der Waals surface area contributed by atoms with Crippen molar-refractivity contribution in [2.75, 3.05) is 12.5 Å². The van der Waals surface area contributed by atoms with E-state index in [1.807, 2.05) is 24.0 Å². The van der Waals surface area contributed by atoms with E-state index in [1.165, 1.54) is 24.0 Å². The lowest BCUT2D eigenvalue weighted by Gasteiger charge is -2.30. The van der Waals surface area contributed by atoms with Gasteiger partial charge in [0, 0.05) is 24.1 Å². The second-order valence-electron chi connectivity index (χ2n) is 7.51. The van der Waals surface area contributed by atoms with Crippen LogP contribution in [0.25, 0.3) is 0 Å². The Labute approximate surface area is 169 Å². The molecule has 2 aromatic rings. The summed E-state index contributed by atoms with van der Waals surface area (Å²) >= 11 is 1.71. The fourth-order valence-corrected chi connectivity index (χ4v) is 4.64. The largest absolute Gasteiger partial charge is 0.454 e. The number of thioether (sulfide) groups is 1. The highest BCUT2D eigenvalue weighted by atomic mass is 32.2. The molecular formula is C22H23N2O3S. The van der Waals surface area contributed by atoms with Gasteiger partial charge in [0.05, 0.1) is 0 Å². The second kappa shape index (κ2) is 7.68.